The van der Waals surface area contributed by atoms with Crippen LogP contribution in [-0.4, -0.2) is 13.1 Å². The van der Waals surface area contributed by atoms with Crippen molar-refractivity contribution in [3.05, 3.63) is 19.1 Å². The molecule has 0 heterocycles. The number of ether oxygens (including phenoxy) is 1. The number of carbonyl (C=O) groups is 1. The van der Waals surface area contributed by atoms with Crippen molar-refractivity contribution in [1.29, 1.82) is 0 Å². The Hall–Kier alpha value is 1.59. The maximum Gasteiger partial charge on any atom is 0.218 e. The third-order valence-electron chi connectivity index (χ3n) is 0.474. The molecular formula is C5H7I2O2U-. The summed E-state index contributed by atoms with van der Waals surface area (Å²) >= 11 is 4.24. The van der Waals surface area contributed by atoms with Gasteiger partial charge in [0.2, 0.25) is 5.97 Å². The molecule has 0 aromatic rings. The Balaban J connectivity index is -0.000000149. The molecule has 0 aromatic carbocycles. The number of hydrogen-bond donors (Lipinski definition) is 0. The predicted octanol–water partition coefficient (Wildman–Crippen LogP) is 2.32. The van der Waals surface area contributed by atoms with Gasteiger partial charge in [-0.3, -0.25) is 0 Å². The van der Waals surface area contributed by atoms with E-state index in [9.17, 15) is 4.79 Å². The molecule has 0 radical (unpaired) electrons. The molecule has 0 aromatic heterocycles. The molecule has 5 heteroatoms. The van der Waals surface area contributed by atoms with Crippen molar-refractivity contribution in [2.45, 2.75) is 0 Å². The average molecular weight is 591 g/mol. The van der Waals surface area contributed by atoms with Gasteiger partial charge in [-0.25, -0.2) is 0 Å². The van der Waals surface area contributed by atoms with Gasteiger partial charge in [0.05, 0.1) is 7.11 Å². The minimum absolute atomic E-state index is 0. The molecule has 0 atom stereocenters. The zero-order valence-electron chi connectivity index (χ0n) is 5.49. The molecule has 0 aliphatic rings. The summed E-state index contributed by atoms with van der Waals surface area (Å²) in [6, 6.07) is 0. The second kappa shape index (κ2) is 13.2. The van der Waals surface area contributed by atoms with Crippen molar-refractivity contribution in [3.63, 3.8) is 0 Å². The summed E-state index contributed by atoms with van der Waals surface area (Å²) in [6.45, 7) is 6.48. The molecule has 0 N–H and O–H groups in total. The molecule has 0 saturated heterocycles. The molecule has 0 spiro atoms. The summed E-state index contributed by atoms with van der Waals surface area (Å²) in [5.74, 6) is -0.458. The van der Waals surface area contributed by atoms with E-state index in [0.717, 1.165) is 0 Å². The molecular weight excluding hydrogens is 584 g/mol. The number of halogens is 2. The van der Waals surface area contributed by atoms with E-state index in [1.807, 2.05) is 0 Å². The Morgan fingerprint density at radius 3 is 1.90 bits per heavy atom. The van der Waals surface area contributed by atoms with Crippen LogP contribution in [0.15, 0.2) is 12.2 Å². The molecule has 10 heavy (non-hydrogen) atoms. The fourth-order valence-corrected chi connectivity index (χ4v) is 0.144. The normalized spacial score (nSPS) is 5.90. The van der Waals surface area contributed by atoms with Crippen molar-refractivity contribution < 1.29 is 40.6 Å². The van der Waals surface area contributed by atoms with Gasteiger partial charge in [0.15, 0.2) is 0 Å². The molecule has 0 aliphatic carbocycles. The van der Waals surface area contributed by atoms with Crippen LogP contribution in [0.1, 0.15) is 0 Å². The first-order chi connectivity index (χ1) is 4.18. The van der Waals surface area contributed by atoms with E-state index in [2.05, 4.69) is 55.5 Å². The molecule has 0 saturated carbocycles. The fourth-order valence-electron chi connectivity index (χ4n) is 0.144. The van der Waals surface area contributed by atoms with E-state index in [1.54, 1.807) is 0 Å². The Morgan fingerprint density at radius 2 is 1.90 bits per heavy atom. The van der Waals surface area contributed by atoms with Gasteiger partial charge in [-0.2, -0.15) is 13.5 Å². The van der Waals surface area contributed by atoms with Crippen LogP contribution in [0.2, 0.25) is 0 Å². The Morgan fingerprint density at radius 1 is 1.60 bits per heavy atom. The number of esters is 1. The molecule has 0 unspecified atom stereocenters. The van der Waals surface area contributed by atoms with Crippen LogP contribution in [0.3, 0.4) is 0 Å². The van der Waals surface area contributed by atoms with E-state index in [1.165, 1.54) is 7.11 Å². The van der Waals surface area contributed by atoms with Crippen molar-refractivity contribution in [3.8, 4) is 0 Å². The second-order valence-electron chi connectivity index (χ2n) is 1.10. The van der Waals surface area contributed by atoms with Crippen molar-refractivity contribution in [2.24, 2.45) is 0 Å². The zero-order chi connectivity index (χ0) is 7.86. The first kappa shape index (κ1) is 17.6. The smallest absolute Gasteiger partial charge is 0.218 e. The van der Waals surface area contributed by atoms with Crippen molar-refractivity contribution in [1.82, 2.24) is 0 Å². The van der Waals surface area contributed by atoms with Crippen LogP contribution in [0.4, 0.5) is 0 Å². The van der Waals surface area contributed by atoms with Gasteiger partial charge in [0.1, 0.15) is 0 Å². The molecule has 0 fully saturated rings. The number of methoxy groups -OCH3 is 1. The summed E-state index contributed by atoms with van der Waals surface area (Å²) in [6.07, 6.45) is 0. The molecule has 2 nitrogen and oxygen atoms in total. The quantitative estimate of drug-likeness (QED) is 0.203. The van der Waals surface area contributed by atoms with E-state index in [0.29, 0.717) is 0 Å². The van der Waals surface area contributed by atoms with Crippen LogP contribution < -0.4 is 0 Å². The summed E-state index contributed by atoms with van der Waals surface area (Å²) in [5, 5.41) is 0. The van der Waals surface area contributed by atoms with Crippen molar-refractivity contribution in [2.75, 3.05) is 7.11 Å². The monoisotopic (exact) mass is 591 g/mol. The second-order valence-corrected chi connectivity index (χ2v) is 1.10. The van der Waals surface area contributed by atoms with E-state index >= 15 is 0 Å². The Bertz CT molecular complexity index is 106. The number of hydrogen-bond acceptors (Lipinski definition) is 2. The summed E-state index contributed by atoms with van der Waals surface area (Å²) in [5.41, 5.74) is 0.183. The van der Waals surface area contributed by atoms with Gasteiger partial charge in [-0.1, -0.05) is 0 Å². The number of rotatable bonds is 1. The van der Waals surface area contributed by atoms with Gasteiger partial charge in [-0.15, -0.1) is 5.57 Å². The van der Waals surface area contributed by atoms with Crippen LogP contribution >= 0.6 is 37.2 Å². The largest absolute Gasteiger partial charge is 0.523 e. The molecule has 0 bridgehead atoms. The Kier molecular flexibility index (Phi) is 23.3. The minimum atomic E-state index is -0.458. The third kappa shape index (κ3) is 12.3. The first-order valence-electron chi connectivity index (χ1n) is 1.92. The SMILES string of the molecule is C=C([CH2-])C(=O)OC.II.[U]. The molecule has 0 aliphatic heterocycles. The molecule has 0 amide bonds. The zero-order valence-corrected chi connectivity index (χ0v) is 14.0. The summed E-state index contributed by atoms with van der Waals surface area (Å²) in [7, 11) is 1.29. The van der Waals surface area contributed by atoms with Gasteiger partial charge < -0.3 is 9.53 Å². The minimum Gasteiger partial charge on any atom is -0.523 e. The maximum absolute atomic E-state index is 10.1. The first-order valence-corrected chi connectivity index (χ1v) is 8.20. The van der Waals surface area contributed by atoms with Gasteiger partial charge in [-0.05, 0) is 0 Å². The van der Waals surface area contributed by atoms with E-state index in [4.69, 9.17) is 0 Å². The third-order valence-corrected chi connectivity index (χ3v) is 0.474. The van der Waals surface area contributed by atoms with E-state index in [-0.39, 0.29) is 36.7 Å². The summed E-state index contributed by atoms with van der Waals surface area (Å²) in [4.78, 5) is 10.1. The maximum atomic E-state index is 10.1. The number of carbonyl (C=O) groups excluding carboxylic acids is 1. The van der Waals surface area contributed by atoms with Crippen molar-refractivity contribution >= 4 is 43.2 Å². The van der Waals surface area contributed by atoms with Gasteiger partial charge >= 0.3 is 0 Å². The fraction of sp³-hybridized carbons (Fsp3) is 0.200. The molecule has 0 rings (SSSR count). The van der Waals surface area contributed by atoms with Gasteiger partial charge in [0.25, 0.3) is 0 Å². The van der Waals surface area contributed by atoms with Crippen LogP contribution in [0, 0.1) is 38.0 Å². The predicted molar refractivity (Wildman–Crippen MR) is 54.6 cm³/mol. The van der Waals surface area contributed by atoms with Crippen LogP contribution in [-0.2, 0) is 9.53 Å². The average Bonchev–Trinajstić information content (AvgIpc) is 1.91. The topological polar surface area (TPSA) is 26.3 Å². The van der Waals surface area contributed by atoms with Gasteiger partial charge in [0, 0.05) is 68.3 Å². The van der Waals surface area contributed by atoms with E-state index < -0.39 is 5.97 Å². The summed E-state index contributed by atoms with van der Waals surface area (Å²) < 4.78 is 4.21. The van der Waals surface area contributed by atoms with Crippen LogP contribution in [0.5, 0.6) is 0 Å². The standard InChI is InChI=1S/C5H7O2.I2.U/c1-4(2)5(6)7-3;1-2;/h1-2H2,3H3;;/q-1;;. The molecule has 58 valence electrons. The Labute approximate surface area is 108 Å². The van der Waals surface area contributed by atoms with Crippen LogP contribution in [0.25, 0.3) is 0 Å².